The van der Waals surface area contributed by atoms with Crippen LogP contribution in [0.3, 0.4) is 0 Å². The average molecular weight is 405 g/mol. The van der Waals surface area contributed by atoms with Crippen molar-refractivity contribution >= 4 is 23.2 Å². The molecule has 0 spiro atoms. The van der Waals surface area contributed by atoms with Gasteiger partial charge in [-0.05, 0) is 69.2 Å². The van der Waals surface area contributed by atoms with E-state index < -0.39 is 5.60 Å². The molecule has 0 amide bonds. The molecule has 0 radical (unpaired) electrons. The highest BCUT2D eigenvalue weighted by Gasteiger charge is 2.18. The number of benzene rings is 2. The highest BCUT2D eigenvalue weighted by atomic mass is 16.5. The van der Waals surface area contributed by atoms with Crippen molar-refractivity contribution in [2.24, 2.45) is 0 Å². The van der Waals surface area contributed by atoms with Crippen LogP contribution in [0.15, 0.2) is 55.1 Å². The Morgan fingerprint density at radius 1 is 1.13 bits per heavy atom. The number of fused-ring (bicyclic) bond motifs is 1. The molecule has 3 rings (SSSR count). The lowest BCUT2D eigenvalue weighted by atomic mass is 10.1. The number of carbonyl (C=O) groups is 2. The van der Waals surface area contributed by atoms with Crippen molar-refractivity contribution in [2.75, 3.05) is 6.61 Å². The first kappa shape index (κ1) is 21.4. The Hall–Kier alpha value is -3.34. The SMILES string of the molecule is C=CCOC(=O)c1ccc2c(c1)c(C)c(C)n2Cc1ccc(OC(C)(C)C=O)cc1. The Bertz CT molecular complexity index is 1090. The zero-order valence-electron chi connectivity index (χ0n) is 17.9. The monoisotopic (exact) mass is 405 g/mol. The summed E-state index contributed by atoms with van der Waals surface area (Å²) in [7, 11) is 0. The Kier molecular flexibility index (Phi) is 6.11. The van der Waals surface area contributed by atoms with Crippen LogP contribution in [0.5, 0.6) is 5.75 Å². The van der Waals surface area contributed by atoms with E-state index >= 15 is 0 Å². The molecular formula is C25H27NO4. The molecule has 0 saturated carbocycles. The summed E-state index contributed by atoms with van der Waals surface area (Å²) in [5.41, 5.74) is 4.13. The summed E-state index contributed by atoms with van der Waals surface area (Å²) in [6.07, 6.45) is 2.35. The second-order valence-corrected chi connectivity index (χ2v) is 7.88. The fourth-order valence-corrected chi connectivity index (χ4v) is 3.37. The van der Waals surface area contributed by atoms with Gasteiger partial charge in [0.05, 0.1) is 5.56 Å². The lowest BCUT2D eigenvalue weighted by Crippen LogP contribution is -2.29. The van der Waals surface area contributed by atoms with E-state index in [-0.39, 0.29) is 12.6 Å². The van der Waals surface area contributed by atoms with Crippen LogP contribution >= 0.6 is 0 Å². The number of aryl methyl sites for hydroxylation is 1. The predicted molar refractivity (Wildman–Crippen MR) is 118 cm³/mol. The number of hydrogen-bond donors (Lipinski definition) is 0. The molecule has 0 unspecified atom stereocenters. The van der Waals surface area contributed by atoms with Gasteiger partial charge in [-0.3, -0.25) is 4.79 Å². The quantitative estimate of drug-likeness (QED) is 0.300. The van der Waals surface area contributed by atoms with Crippen molar-refractivity contribution in [2.45, 2.75) is 39.8 Å². The fourth-order valence-electron chi connectivity index (χ4n) is 3.37. The van der Waals surface area contributed by atoms with Gasteiger partial charge in [-0.2, -0.15) is 0 Å². The van der Waals surface area contributed by atoms with E-state index in [9.17, 15) is 9.59 Å². The number of aromatic nitrogens is 1. The number of aldehydes is 1. The van der Waals surface area contributed by atoms with Gasteiger partial charge in [0.25, 0.3) is 0 Å². The van der Waals surface area contributed by atoms with Crippen LogP contribution in [0.4, 0.5) is 0 Å². The molecule has 1 heterocycles. The number of ether oxygens (including phenoxy) is 2. The van der Waals surface area contributed by atoms with Gasteiger partial charge in [0, 0.05) is 23.1 Å². The van der Waals surface area contributed by atoms with Crippen molar-refractivity contribution in [1.82, 2.24) is 4.57 Å². The van der Waals surface area contributed by atoms with Gasteiger partial charge in [0.1, 0.15) is 12.4 Å². The first-order valence-electron chi connectivity index (χ1n) is 9.87. The normalized spacial score (nSPS) is 11.3. The number of hydrogen-bond acceptors (Lipinski definition) is 4. The summed E-state index contributed by atoms with van der Waals surface area (Å²) in [6.45, 7) is 12.0. The van der Waals surface area contributed by atoms with Crippen LogP contribution in [-0.2, 0) is 16.1 Å². The van der Waals surface area contributed by atoms with E-state index in [1.165, 1.54) is 0 Å². The van der Waals surface area contributed by atoms with E-state index in [4.69, 9.17) is 9.47 Å². The molecule has 0 atom stereocenters. The van der Waals surface area contributed by atoms with Crippen LogP contribution in [0.25, 0.3) is 10.9 Å². The molecule has 0 aliphatic heterocycles. The van der Waals surface area contributed by atoms with Gasteiger partial charge in [0.15, 0.2) is 11.9 Å². The molecule has 156 valence electrons. The summed E-state index contributed by atoms with van der Waals surface area (Å²) < 4.78 is 13.1. The summed E-state index contributed by atoms with van der Waals surface area (Å²) in [5, 5.41) is 1.04. The Morgan fingerprint density at radius 3 is 2.47 bits per heavy atom. The molecule has 0 N–H and O–H groups in total. The summed E-state index contributed by atoms with van der Waals surface area (Å²) in [4.78, 5) is 23.2. The predicted octanol–water partition coefficient (Wildman–Crippen LogP) is 5.01. The van der Waals surface area contributed by atoms with Gasteiger partial charge in [0.2, 0.25) is 0 Å². The van der Waals surface area contributed by atoms with Crippen LogP contribution in [0.2, 0.25) is 0 Å². The van der Waals surface area contributed by atoms with Gasteiger partial charge in [-0.15, -0.1) is 0 Å². The smallest absolute Gasteiger partial charge is 0.338 e. The van der Waals surface area contributed by atoms with E-state index in [0.29, 0.717) is 17.9 Å². The van der Waals surface area contributed by atoms with Crippen molar-refractivity contribution in [3.05, 3.63) is 77.5 Å². The lowest BCUT2D eigenvalue weighted by molar-refractivity contribution is -0.119. The number of esters is 1. The lowest BCUT2D eigenvalue weighted by Gasteiger charge is -2.20. The summed E-state index contributed by atoms with van der Waals surface area (Å²) >= 11 is 0. The van der Waals surface area contributed by atoms with Crippen LogP contribution in [-0.4, -0.2) is 29.0 Å². The third-order valence-corrected chi connectivity index (χ3v) is 5.14. The van der Waals surface area contributed by atoms with Crippen molar-refractivity contribution in [3.8, 4) is 5.75 Å². The molecule has 5 heteroatoms. The van der Waals surface area contributed by atoms with Gasteiger partial charge in [-0.25, -0.2) is 4.79 Å². The highest BCUT2D eigenvalue weighted by Crippen LogP contribution is 2.28. The largest absolute Gasteiger partial charge is 0.480 e. The van der Waals surface area contributed by atoms with E-state index in [2.05, 4.69) is 25.0 Å². The second kappa shape index (κ2) is 8.57. The summed E-state index contributed by atoms with van der Waals surface area (Å²) in [5.74, 6) is 0.305. The molecule has 5 nitrogen and oxygen atoms in total. The minimum Gasteiger partial charge on any atom is -0.480 e. The number of nitrogens with zero attached hydrogens (tertiary/aromatic N) is 1. The van der Waals surface area contributed by atoms with Gasteiger partial charge in [-0.1, -0.05) is 24.8 Å². The minimum absolute atomic E-state index is 0.194. The zero-order valence-corrected chi connectivity index (χ0v) is 17.9. The molecule has 30 heavy (non-hydrogen) atoms. The van der Waals surface area contributed by atoms with Crippen LogP contribution in [0, 0.1) is 13.8 Å². The molecule has 0 saturated heterocycles. The molecular weight excluding hydrogens is 378 g/mol. The van der Waals surface area contributed by atoms with Crippen molar-refractivity contribution in [3.63, 3.8) is 0 Å². The maximum Gasteiger partial charge on any atom is 0.338 e. The number of carbonyl (C=O) groups excluding carboxylic acids is 2. The van der Waals surface area contributed by atoms with Crippen LogP contribution in [0.1, 0.15) is 41.0 Å². The molecule has 2 aromatic carbocycles. The van der Waals surface area contributed by atoms with Crippen molar-refractivity contribution in [1.29, 1.82) is 0 Å². The first-order chi connectivity index (χ1) is 14.3. The Balaban J connectivity index is 1.87. The highest BCUT2D eigenvalue weighted by molar-refractivity contribution is 5.96. The van der Waals surface area contributed by atoms with Gasteiger partial charge < -0.3 is 14.0 Å². The topological polar surface area (TPSA) is 57.5 Å². The van der Waals surface area contributed by atoms with E-state index in [1.54, 1.807) is 26.0 Å². The molecule has 0 bridgehead atoms. The van der Waals surface area contributed by atoms with E-state index in [0.717, 1.165) is 34.0 Å². The first-order valence-corrected chi connectivity index (χ1v) is 9.87. The third kappa shape index (κ3) is 4.46. The molecule has 3 aromatic rings. The Labute approximate surface area is 176 Å². The average Bonchev–Trinajstić information content (AvgIpc) is 2.97. The third-order valence-electron chi connectivity index (χ3n) is 5.14. The molecule has 1 aromatic heterocycles. The minimum atomic E-state index is -0.851. The van der Waals surface area contributed by atoms with Crippen LogP contribution < -0.4 is 4.74 Å². The van der Waals surface area contributed by atoms with Gasteiger partial charge >= 0.3 is 5.97 Å². The maximum absolute atomic E-state index is 12.2. The maximum atomic E-state index is 12.2. The fraction of sp³-hybridized carbons (Fsp3) is 0.280. The second-order valence-electron chi connectivity index (χ2n) is 7.88. The standard InChI is InChI=1S/C25H27NO4/c1-6-13-29-24(28)20-9-12-23-22(14-20)17(2)18(3)26(23)15-19-7-10-21(11-8-19)30-25(4,5)16-27/h6-12,14,16H,1,13,15H2,2-5H3. The Morgan fingerprint density at radius 2 is 1.83 bits per heavy atom. The number of rotatable bonds is 8. The molecule has 0 fully saturated rings. The van der Waals surface area contributed by atoms with E-state index in [1.807, 2.05) is 36.4 Å². The summed E-state index contributed by atoms with van der Waals surface area (Å²) in [6, 6.07) is 13.4. The van der Waals surface area contributed by atoms with Crippen molar-refractivity contribution < 1.29 is 19.1 Å². The molecule has 0 aliphatic rings. The molecule has 0 aliphatic carbocycles. The zero-order chi connectivity index (χ0) is 21.9.